The summed E-state index contributed by atoms with van der Waals surface area (Å²) >= 11 is 0. The van der Waals surface area contributed by atoms with Gasteiger partial charge in [0.1, 0.15) is 0 Å². The Morgan fingerprint density at radius 3 is 2.67 bits per heavy atom. The Labute approximate surface area is 143 Å². The van der Waals surface area contributed by atoms with Gasteiger partial charge in [0.2, 0.25) is 0 Å². The lowest BCUT2D eigenvalue weighted by atomic mass is 9.83. The van der Waals surface area contributed by atoms with Crippen LogP contribution in [0, 0.1) is 12.8 Å². The molecule has 0 unspecified atom stereocenters. The van der Waals surface area contributed by atoms with Crippen molar-refractivity contribution in [2.45, 2.75) is 32.8 Å². The minimum Gasteiger partial charge on any atom is -0.390 e. The van der Waals surface area contributed by atoms with Crippen LogP contribution in [0.15, 0.2) is 42.6 Å². The van der Waals surface area contributed by atoms with E-state index in [0.29, 0.717) is 25.1 Å². The molecule has 1 fully saturated rings. The first-order valence-electron chi connectivity index (χ1n) is 8.43. The molecule has 2 aromatic rings. The minimum absolute atomic E-state index is 0.00167. The van der Waals surface area contributed by atoms with Crippen molar-refractivity contribution < 1.29 is 9.90 Å². The van der Waals surface area contributed by atoms with Crippen LogP contribution in [-0.2, 0) is 0 Å². The van der Waals surface area contributed by atoms with Gasteiger partial charge in [-0.25, -0.2) is 0 Å². The van der Waals surface area contributed by atoms with Crippen LogP contribution in [0.4, 0.5) is 0 Å². The average molecular weight is 324 g/mol. The van der Waals surface area contributed by atoms with E-state index >= 15 is 0 Å². The summed E-state index contributed by atoms with van der Waals surface area (Å²) in [5.41, 5.74) is 2.63. The average Bonchev–Trinajstić information content (AvgIpc) is 2.57. The molecule has 1 saturated heterocycles. The standard InChI is InChI=1S/C20H24N2O2/c1-14-13-22(12-10-20(14,3)24)19(23)18-15(2)21-11-9-17(18)16-7-5-4-6-8-16/h4-9,11,14,24H,10,12-13H2,1-3H3/t14-,20+/m1/s1. The lowest BCUT2D eigenvalue weighted by Crippen LogP contribution is -2.51. The van der Waals surface area contributed by atoms with Gasteiger partial charge in [0.15, 0.2) is 0 Å². The van der Waals surface area contributed by atoms with E-state index in [0.717, 1.165) is 16.8 Å². The molecule has 3 rings (SSSR count). The highest BCUT2D eigenvalue weighted by atomic mass is 16.3. The summed E-state index contributed by atoms with van der Waals surface area (Å²) in [6, 6.07) is 11.8. The topological polar surface area (TPSA) is 53.4 Å². The Morgan fingerprint density at radius 2 is 2.00 bits per heavy atom. The van der Waals surface area contributed by atoms with Crippen molar-refractivity contribution in [3.63, 3.8) is 0 Å². The molecular formula is C20H24N2O2. The summed E-state index contributed by atoms with van der Waals surface area (Å²) in [4.78, 5) is 19.4. The van der Waals surface area contributed by atoms with Gasteiger partial charge in [-0.1, -0.05) is 37.3 Å². The second-order valence-corrected chi connectivity index (χ2v) is 6.94. The fourth-order valence-corrected chi connectivity index (χ4v) is 3.26. The van der Waals surface area contributed by atoms with Gasteiger partial charge in [0.05, 0.1) is 16.9 Å². The van der Waals surface area contributed by atoms with Gasteiger partial charge in [0.25, 0.3) is 5.91 Å². The molecule has 2 heterocycles. The van der Waals surface area contributed by atoms with E-state index in [1.165, 1.54) is 0 Å². The zero-order valence-corrected chi connectivity index (χ0v) is 14.5. The van der Waals surface area contributed by atoms with Gasteiger partial charge >= 0.3 is 0 Å². The molecule has 0 saturated carbocycles. The number of rotatable bonds is 2. The Morgan fingerprint density at radius 1 is 1.29 bits per heavy atom. The third kappa shape index (κ3) is 3.06. The molecule has 0 bridgehead atoms. The molecule has 0 aliphatic carbocycles. The van der Waals surface area contributed by atoms with Crippen LogP contribution in [0.25, 0.3) is 11.1 Å². The number of aromatic nitrogens is 1. The lowest BCUT2D eigenvalue weighted by molar-refractivity contribution is -0.0439. The molecule has 1 aromatic heterocycles. The Hall–Kier alpha value is -2.20. The summed E-state index contributed by atoms with van der Waals surface area (Å²) < 4.78 is 0. The van der Waals surface area contributed by atoms with Crippen molar-refractivity contribution >= 4 is 5.91 Å². The van der Waals surface area contributed by atoms with E-state index in [1.807, 2.05) is 62.1 Å². The van der Waals surface area contributed by atoms with Crippen LogP contribution in [0.5, 0.6) is 0 Å². The zero-order valence-electron chi connectivity index (χ0n) is 14.5. The van der Waals surface area contributed by atoms with Crippen LogP contribution in [0.3, 0.4) is 0 Å². The first-order valence-corrected chi connectivity index (χ1v) is 8.43. The van der Waals surface area contributed by atoms with Crippen LogP contribution < -0.4 is 0 Å². The number of amides is 1. The largest absolute Gasteiger partial charge is 0.390 e. The summed E-state index contributed by atoms with van der Waals surface area (Å²) in [7, 11) is 0. The van der Waals surface area contributed by atoms with E-state index in [4.69, 9.17) is 0 Å². The van der Waals surface area contributed by atoms with Crippen molar-refractivity contribution in [1.82, 2.24) is 9.88 Å². The van der Waals surface area contributed by atoms with Crippen molar-refractivity contribution in [1.29, 1.82) is 0 Å². The molecule has 24 heavy (non-hydrogen) atoms. The molecule has 4 heteroatoms. The Kier molecular flexibility index (Phi) is 4.41. The maximum absolute atomic E-state index is 13.2. The maximum Gasteiger partial charge on any atom is 0.256 e. The zero-order chi connectivity index (χ0) is 17.3. The maximum atomic E-state index is 13.2. The predicted molar refractivity (Wildman–Crippen MR) is 94.7 cm³/mol. The highest BCUT2D eigenvalue weighted by Crippen LogP contribution is 2.31. The molecule has 0 radical (unpaired) electrons. The first-order chi connectivity index (χ1) is 11.4. The van der Waals surface area contributed by atoms with Crippen molar-refractivity contribution in [3.05, 3.63) is 53.9 Å². The first kappa shape index (κ1) is 16.7. The molecule has 1 amide bonds. The van der Waals surface area contributed by atoms with Crippen LogP contribution in [-0.4, -0.2) is 39.6 Å². The third-order valence-electron chi connectivity index (χ3n) is 5.17. The predicted octanol–water partition coefficient (Wildman–Crippen LogP) is 3.29. The molecule has 1 aliphatic rings. The number of carbonyl (C=O) groups excluding carboxylic acids is 1. The molecule has 1 aliphatic heterocycles. The van der Waals surface area contributed by atoms with Gasteiger partial charge in [-0.3, -0.25) is 9.78 Å². The number of aryl methyl sites for hydroxylation is 1. The van der Waals surface area contributed by atoms with Gasteiger partial charge < -0.3 is 10.0 Å². The van der Waals surface area contributed by atoms with Crippen LogP contribution in [0.1, 0.15) is 36.3 Å². The summed E-state index contributed by atoms with van der Waals surface area (Å²) in [6.45, 7) is 6.86. The molecule has 4 nitrogen and oxygen atoms in total. The number of aliphatic hydroxyl groups is 1. The minimum atomic E-state index is -0.705. The van der Waals surface area contributed by atoms with Crippen molar-refractivity contribution in [2.24, 2.45) is 5.92 Å². The Balaban J connectivity index is 1.96. The highest BCUT2D eigenvalue weighted by Gasteiger charge is 2.37. The van der Waals surface area contributed by atoms with Gasteiger partial charge in [0, 0.05) is 25.2 Å². The lowest BCUT2D eigenvalue weighted by Gasteiger charge is -2.41. The quantitative estimate of drug-likeness (QED) is 0.922. The number of hydrogen-bond acceptors (Lipinski definition) is 3. The molecule has 1 N–H and O–H groups in total. The monoisotopic (exact) mass is 324 g/mol. The Bertz CT molecular complexity index is 741. The van der Waals surface area contributed by atoms with Gasteiger partial charge in [-0.05, 0) is 37.5 Å². The normalized spacial score (nSPS) is 24.0. The van der Waals surface area contributed by atoms with E-state index < -0.39 is 5.60 Å². The SMILES string of the molecule is Cc1nccc(-c2ccccc2)c1C(=O)N1CC[C@](C)(O)[C@H](C)C1. The molecule has 2 atom stereocenters. The number of carbonyl (C=O) groups is 1. The van der Waals surface area contributed by atoms with Gasteiger partial charge in [-0.2, -0.15) is 0 Å². The van der Waals surface area contributed by atoms with Crippen molar-refractivity contribution in [2.75, 3.05) is 13.1 Å². The second-order valence-electron chi connectivity index (χ2n) is 6.94. The van der Waals surface area contributed by atoms with E-state index in [9.17, 15) is 9.90 Å². The van der Waals surface area contributed by atoms with Crippen LogP contribution in [0.2, 0.25) is 0 Å². The smallest absolute Gasteiger partial charge is 0.256 e. The highest BCUT2D eigenvalue weighted by molar-refractivity contribution is 6.01. The van der Waals surface area contributed by atoms with E-state index in [2.05, 4.69) is 4.98 Å². The fourth-order valence-electron chi connectivity index (χ4n) is 3.26. The number of benzene rings is 1. The molecular weight excluding hydrogens is 300 g/mol. The number of nitrogens with zero attached hydrogens (tertiary/aromatic N) is 2. The summed E-state index contributed by atoms with van der Waals surface area (Å²) in [6.07, 6.45) is 2.35. The number of likely N-dealkylation sites (tertiary alicyclic amines) is 1. The third-order valence-corrected chi connectivity index (χ3v) is 5.17. The number of hydrogen-bond donors (Lipinski definition) is 1. The van der Waals surface area contributed by atoms with Gasteiger partial charge in [-0.15, -0.1) is 0 Å². The molecule has 0 spiro atoms. The molecule has 1 aromatic carbocycles. The number of pyridine rings is 1. The van der Waals surface area contributed by atoms with Crippen molar-refractivity contribution in [3.8, 4) is 11.1 Å². The second kappa shape index (κ2) is 6.36. The molecule has 126 valence electrons. The van der Waals surface area contributed by atoms with Crippen LogP contribution >= 0.6 is 0 Å². The van der Waals surface area contributed by atoms with E-state index in [-0.39, 0.29) is 11.8 Å². The fraction of sp³-hybridized carbons (Fsp3) is 0.400. The number of piperidine rings is 1. The van der Waals surface area contributed by atoms with E-state index in [1.54, 1.807) is 6.20 Å². The summed E-state index contributed by atoms with van der Waals surface area (Å²) in [5.74, 6) is 0.0501. The summed E-state index contributed by atoms with van der Waals surface area (Å²) in [5, 5.41) is 10.3.